The molecule has 0 aliphatic heterocycles. The zero-order valence-corrected chi connectivity index (χ0v) is 7.20. The summed E-state index contributed by atoms with van der Waals surface area (Å²) in [7, 11) is 2.92. The topological polar surface area (TPSA) is 53.6 Å². The Bertz CT molecular complexity index is 260. The number of likely N-dealkylation sites (N-methyl/N-ethyl adjacent to an activating group) is 1. The van der Waals surface area contributed by atoms with Gasteiger partial charge in [-0.05, 0) is 6.08 Å². The second kappa shape index (κ2) is 3.51. The van der Waals surface area contributed by atoms with Gasteiger partial charge in [-0.3, -0.25) is 0 Å². The van der Waals surface area contributed by atoms with Crippen molar-refractivity contribution < 1.29 is 9.80 Å². The fourth-order valence-electron chi connectivity index (χ4n) is 1.03. The van der Waals surface area contributed by atoms with Crippen molar-refractivity contribution in [3.8, 4) is 0 Å². The second-order valence-corrected chi connectivity index (χ2v) is 2.75. The van der Waals surface area contributed by atoms with E-state index in [9.17, 15) is 10.4 Å². The molecule has 4 nitrogen and oxygen atoms in total. The zero-order chi connectivity index (χ0) is 9.14. The predicted molar refractivity (Wildman–Crippen MR) is 46.7 cm³/mol. The van der Waals surface area contributed by atoms with Gasteiger partial charge >= 0.3 is 0 Å². The summed E-state index contributed by atoms with van der Waals surface area (Å²) < 4.78 is 0.784. The molecule has 1 aliphatic carbocycles. The maximum absolute atomic E-state index is 10.9. The largest absolute Gasteiger partial charge is 0.629 e. The van der Waals surface area contributed by atoms with Crippen LogP contribution in [0.4, 0.5) is 0 Å². The fraction of sp³-hybridized carbons (Fsp3) is 0.375. The average Bonchev–Trinajstić information content (AvgIpc) is 2.04. The Morgan fingerprint density at radius 3 is 2.75 bits per heavy atom. The summed E-state index contributed by atoms with van der Waals surface area (Å²) in [5, 5.41) is 21.8. The van der Waals surface area contributed by atoms with Gasteiger partial charge in [0, 0.05) is 0 Å². The van der Waals surface area contributed by atoms with Gasteiger partial charge < -0.3 is 15.5 Å². The number of quaternary nitrogens is 1. The predicted octanol–water partition coefficient (Wildman–Crippen LogP) is -0.576. The molecule has 1 atom stereocenters. The molecule has 4 heteroatoms. The average molecular weight is 168 g/mol. The first kappa shape index (κ1) is 8.96. The van der Waals surface area contributed by atoms with E-state index >= 15 is 0 Å². The van der Waals surface area contributed by atoms with E-state index in [0.717, 1.165) is 4.74 Å². The van der Waals surface area contributed by atoms with Crippen LogP contribution in [0.25, 0.3) is 0 Å². The lowest BCUT2D eigenvalue weighted by Crippen LogP contribution is -3.01. The van der Waals surface area contributed by atoms with Crippen LogP contribution in [-0.2, 0) is 0 Å². The lowest BCUT2D eigenvalue weighted by atomic mass is 10.1. The Kier molecular flexibility index (Phi) is 2.62. The van der Waals surface area contributed by atoms with Crippen LogP contribution in [0.1, 0.15) is 6.42 Å². The minimum Gasteiger partial charge on any atom is -0.629 e. The molecule has 0 aromatic rings. The molecule has 1 rings (SSSR count). The molecule has 0 bridgehead atoms. The van der Waals surface area contributed by atoms with E-state index in [-0.39, 0.29) is 5.06 Å². The molecular formula is C8H12N2O2. The molecule has 1 unspecified atom stereocenters. The van der Waals surface area contributed by atoms with Crippen LogP contribution < -0.4 is 5.06 Å². The lowest BCUT2D eigenvalue weighted by Gasteiger charge is -2.18. The Morgan fingerprint density at radius 1 is 1.58 bits per heavy atom. The maximum atomic E-state index is 10.9. The summed E-state index contributed by atoms with van der Waals surface area (Å²) in [5.41, 5.74) is 1.22. The van der Waals surface area contributed by atoms with Crippen molar-refractivity contribution in [3.63, 3.8) is 0 Å². The highest BCUT2D eigenvalue weighted by Crippen LogP contribution is 2.02. The number of hydroxylamine groups is 3. The third kappa shape index (κ3) is 1.93. The van der Waals surface area contributed by atoms with E-state index in [1.807, 2.05) is 6.08 Å². The van der Waals surface area contributed by atoms with Gasteiger partial charge in [0.1, 0.15) is 12.7 Å². The molecule has 1 aliphatic rings. The fourth-order valence-corrected chi connectivity index (χ4v) is 1.03. The molecule has 0 aromatic carbocycles. The van der Waals surface area contributed by atoms with E-state index in [0.29, 0.717) is 17.8 Å². The van der Waals surface area contributed by atoms with E-state index in [2.05, 4.69) is 0 Å². The maximum Gasteiger partial charge on any atom is 0.196 e. The Hall–Kier alpha value is -1.13. The van der Waals surface area contributed by atoms with Gasteiger partial charge in [-0.1, -0.05) is 6.08 Å². The van der Waals surface area contributed by atoms with Crippen molar-refractivity contribution in [1.82, 2.24) is 0 Å². The quantitative estimate of drug-likeness (QED) is 0.323. The van der Waals surface area contributed by atoms with Gasteiger partial charge in [0.2, 0.25) is 0 Å². The molecule has 1 N–H and O–H groups in total. The summed E-state index contributed by atoms with van der Waals surface area (Å²) >= 11 is 0. The Morgan fingerprint density at radius 2 is 2.25 bits per heavy atom. The van der Waals surface area contributed by atoms with Crippen LogP contribution >= 0.6 is 0 Å². The monoisotopic (exact) mass is 168 g/mol. The van der Waals surface area contributed by atoms with E-state index in [1.165, 1.54) is 14.1 Å². The van der Waals surface area contributed by atoms with Crippen LogP contribution in [0.15, 0.2) is 23.9 Å². The first-order valence-electron chi connectivity index (χ1n) is 3.77. The molecule has 0 aromatic heterocycles. The summed E-state index contributed by atoms with van der Waals surface area (Å²) in [6.45, 7) is 0. The van der Waals surface area contributed by atoms with Gasteiger partial charge in [-0.2, -0.15) is 0 Å². The van der Waals surface area contributed by atoms with Crippen molar-refractivity contribution in [1.29, 1.82) is 0 Å². The number of nitrogens with zero attached hydrogens (tertiary/aromatic N) is 1. The summed E-state index contributed by atoms with van der Waals surface area (Å²) in [5.74, 6) is 0. The SMILES string of the molecule is C/[N+]([O-])=C1/C=C([NH+](C)[O-])C=CC1. The molecule has 0 fully saturated rings. The number of hydrogen-bond donors (Lipinski definition) is 1. The standard InChI is InChI=1S/C8H12N2O2/c1-9(11)7-4-3-5-8(6-7)10(2)12/h3-4,6,9H,5H2,1-2H3/b10-8-. The Labute approximate surface area is 71.3 Å². The second-order valence-electron chi connectivity index (χ2n) is 2.75. The van der Waals surface area contributed by atoms with Crippen molar-refractivity contribution >= 4 is 5.71 Å². The lowest BCUT2D eigenvalue weighted by molar-refractivity contribution is -0.778. The smallest absolute Gasteiger partial charge is 0.196 e. The van der Waals surface area contributed by atoms with Gasteiger partial charge in [0.15, 0.2) is 5.71 Å². The van der Waals surface area contributed by atoms with Gasteiger partial charge in [-0.15, -0.1) is 0 Å². The molecular weight excluding hydrogens is 156 g/mol. The van der Waals surface area contributed by atoms with Crippen molar-refractivity contribution in [3.05, 3.63) is 34.3 Å². The van der Waals surface area contributed by atoms with Crippen molar-refractivity contribution in [2.75, 3.05) is 14.1 Å². The van der Waals surface area contributed by atoms with Crippen LogP contribution in [0.3, 0.4) is 0 Å². The highest BCUT2D eigenvalue weighted by Gasteiger charge is 2.10. The van der Waals surface area contributed by atoms with E-state index in [4.69, 9.17) is 0 Å². The number of allylic oxidation sites excluding steroid dienone is 3. The summed E-state index contributed by atoms with van der Waals surface area (Å²) in [4.78, 5) is 0. The molecule has 66 valence electrons. The van der Waals surface area contributed by atoms with E-state index in [1.54, 1.807) is 12.2 Å². The highest BCUT2D eigenvalue weighted by molar-refractivity contribution is 5.93. The third-order valence-corrected chi connectivity index (χ3v) is 1.76. The summed E-state index contributed by atoms with van der Waals surface area (Å²) in [6.07, 6.45) is 5.81. The third-order valence-electron chi connectivity index (χ3n) is 1.76. The summed E-state index contributed by atoms with van der Waals surface area (Å²) in [6, 6.07) is 0. The first-order valence-corrected chi connectivity index (χ1v) is 3.77. The first-order chi connectivity index (χ1) is 5.61. The zero-order valence-electron chi connectivity index (χ0n) is 7.20. The minimum atomic E-state index is -0.00898. The number of rotatable bonds is 1. The molecule has 0 heterocycles. The number of hydrogen-bond acceptors (Lipinski definition) is 2. The van der Waals surface area contributed by atoms with Crippen LogP contribution in [-0.4, -0.2) is 24.5 Å². The molecule has 0 amide bonds. The van der Waals surface area contributed by atoms with Crippen molar-refractivity contribution in [2.45, 2.75) is 6.42 Å². The van der Waals surface area contributed by atoms with Gasteiger partial charge in [0.05, 0.1) is 19.5 Å². The van der Waals surface area contributed by atoms with E-state index < -0.39 is 0 Å². The van der Waals surface area contributed by atoms with Gasteiger partial charge in [-0.25, -0.2) is 4.74 Å². The molecule has 0 radical (unpaired) electrons. The molecule has 0 saturated heterocycles. The molecule has 12 heavy (non-hydrogen) atoms. The van der Waals surface area contributed by atoms with Gasteiger partial charge in [0.25, 0.3) is 0 Å². The van der Waals surface area contributed by atoms with Crippen molar-refractivity contribution in [2.24, 2.45) is 0 Å². The normalized spacial score (nSPS) is 23.4. The minimum absolute atomic E-state index is 0.00898. The van der Waals surface area contributed by atoms with Crippen LogP contribution in [0.5, 0.6) is 0 Å². The Balaban J connectivity index is 2.91. The van der Waals surface area contributed by atoms with Crippen LogP contribution in [0.2, 0.25) is 0 Å². The molecule has 0 spiro atoms. The van der Waals surface area contributed by atoms with Crippen LogP contribution in [0, 0.1) is 10.4 Å². The highest BCUT2D eigenvalue weighted by atomic mass is 16.5. The molecule has 0 saturated carbocycles. The number of nitrogens with one attached hydrogen (secondary N) is 1.